The maximum Gasteiger partial charge on any atom is 0.141 e. The zero-order chi connectivity index (χ0) is 13.2. The quantitative estimate of drug-likeness (QED) is 0.886. The number of nitrogens with one attached hydrogen (secondary N) is 1. The molecular weight excluding hydrogens is 236 g/mol. The normalized spacial score (nSPS) is 16.5. The molecule has 0 unspecified atom stereocenters. The van der Waals surface area contributed by atoms with E-state index in [1.807, 2.05) is 6.20 Å². The third kappa shape index (κ3) is 2.25. The van der Waals surface area contributed by atoms with Crippen LogP contribution < -0.4 is 5.73 Å². The zero-order valence-electron chi connectivity index (χ0n) is 11.6. The number of hydrogen-bond donors (Lipinski definition) is 2. The van der Waals surface area contributed by atoms with Gasteiger partial charge in [-0.2, -0.15) is 0 Å². The van der Waals surface area contributed by atoms with E-state index in [2.05, 4.69) is 11.9 Å². The summed E-state index contributed by atoms with van der Waals surface area (Å²) in [6.07, 6.45) is 9.00. The lowest BCUT2D eigenvalue weighted by atomic mass is 10.1. The van der Waals surface area contributed by atoms with Gasteiger partial charge in [-0.05, 0) is 37.8 Å². The molecule has 0 radical (unpaired) electrons. The first kappa shape index (κ1) is 12.6. The highest BCUT2D eigenvalue weighted by Crippen LogP contribution is 2.33. The van der Waals surface area contributed by atoms with E-state index >= 15 is 0 Å². The summed E-state index contributed by atoms with van der Waals surface area (Å²) in [6.45, 7) is 2.83. The average Bonchev–Trinajstić information content (AvgIpc) is 3.07. The number of nitrogens with zero attached hydrogens (tertiary/aromatic N) is 2. The molecule has 19 heavy (non-hydrogen) atoms. The summed E-state index contributed by atoms with van der Waals surface area (Å²) in [4.78, 5) is 12.9. The third-order valence-corrected chi connectivity index (χ3v) is 4.17. The van der Waals surface area contributed by atoms with Crippen LogP contribution in [0.25, 0.3) is 11.0 Å². The number of nitrogens with two attached hydrogens (primary N) is 1. The fourth-order valence-electron chi connectivity index (χ4n) is 3.17. The van der Waals surface area contributed by atoms with E-state index in [-0.39, 0.29) is 0 Å². The van der Waals surface area contributed by atoms with E-state index < -0.39 is 0 Å². The standard InChI is InChI=1S/C15H22N4/c1-2-12-13-11(7-8-16)9-17-15(13)19-14(18-12)10-5-3-4-6-10/h9-10H,2-8,16H2,1H3,(H,17,18,19). The molecule has 102 valence electrons. The Morgan fingerprint density at radius 1 is 1.32 bits per heavy atom. The van der Waals surface area contributed by atoms with Crippen molar-refractivity contribution in [2.75, 3.05) is 6.54 Å². The average molecular weight is 258 g/mol. The van der Waals surface area contributed by atoms with Gasteiger partial charge >= 0.3 is 0 Å². The van der Waals surface area contributed by atoms with Crippen molar-refractivity contribution in [1.82, 2.24) is 15.0 Å². The summed E-state index contributed by atoms with van der Waals surface area (Å²) in [5, 5.41) is 1.20. The van der Waals surface area contributed by atoms with Crippen LogP contribution in [0.2, 0.25) is 0 Å². The molecule has 2 heterocycles. The zero-order valence-corrected chi connectivity index (χ0v) is 11.6. The molecule has 4 heteroatoms. The van der Waals surface area contributed by atoms with Crippen molar-refractivity contribution in [2.24, 2.45) is 5.73 Å². The highest BCUT2D eigenvalue weighted by atomic mass is 15.0. The van der Waals surface area contributed by atoms with Gasteiger partial charge in [0.2, 0.25) is 0 Å². The number of aromatic nitrogens is 3. The van der Waals surface area contributed by atoms with Crippen LogP contribution in [-0.4, -0.2) is 21.5 Å². The van der Waals surface area contributed by atoms with Gasteiger partial charge in [-0.3, -0.25) is 0 Å². The molecular formula is C15H22N4. The smallest absolute Gasteiger partial charge is 0.141 e. The fraction of sp³-hybridized carbons (Fsp3) is 0.600. The molecule has 0 saturated heterocycles. The lowest BCUT2D eigenvalue weighted by molar-refractivity contribution is 0.666. The molecule has 0 bridgehead atoms. The molecule has 0 spiro atoms. The summed E-state index contributed by atoms with van der Waals surface area (Å²) in [7, 11) is 0. The summed E-state index contributed by atoms with van der Waals surface area (Å²) in [5.74, 6) is 1.61. The van der Waals surface area contributed by atoms with E-state index in [4.69, 9.17) is 15.7 Å². The maximum absolute atomic E-state index is 5.68. The minimum absolute atomic E-state index is 0.566. The number of aromatic amines is 1. The van der Waals surface area contributed by atoms with Gasteiger partial charge < -0.3 is 10.7 Å². The second-order valence-electron chi connectivity index (χ2n) is 5.44. The SMILES string of the molecule is CCc1nc(C2CCCC2)nc2[nH]cc(CCN)c12. The highest BCUT2D eigenvalue weighted by Gasteiger charge is 2.22. The van der Waals surface area contributed by atoms with Gasteiger partial charge in [0.1, 0.15) is 11.5 Å². The predicted molar refractivity (Wildman–Crippen MR) is 77.2 cm³/mol. The highest BCUT2D eigenvalue weighted by molar-refractivity contribution is 5.82. The Morgan fingerprint density at radius 2 is 2.11 bits per heavy atom. The van der Waals surface area contributed by atoms with Crippen LogP contribution in [0.1, 0.15) is 55.6 Å². The molecule has 0 aliphatic heterocycles. The van der Waals surface area contributed by atoms with Crippen LogP contribution in [0.4, 0.5) is 0 Å². The van der Waals surface area contributed by atoms with Crippen molar-refractivity contribution < 1.29 is 0 Å². The number of H-pyrrole nitrogens is 1. The van der Waals surface area contributed by atoms with Crippen LogP contribution in [0.3, 0.4) is 0 Å². The van der Waals surface area contributed by atoms with Gasteiger partial charge in [0.05, 0.1) is 5.69 Å². The Balaban J connectivity index is 2.08. The van der Waals surface area contributed by atoms with Crippen LogP contribution >= 0.6 is 0 Å². The predicted octanol–water partition coefficient (Wildman–Crippen LogP) is 2.68. The molecule has 4 nitrogen and oxygen atoms in total. The van der Waals surface area contributed by atoms with Crippen molar-refractivity contribution in [2.45, 2.75) is 51.4 Å². The largest absolute Gasteiger partial charge is 0.346 e. The third-order valence-electron chi connectivity index (χ3n) is 4.17. The molecule has 1 saturated carbocycles. The number of fused-ring (bicyclic) bond motifs is 1. The minimum Gasteiger partial charge on any atom is -0.346 e. The lowest BCUT2D eigenvalue weighted by Crippen LogP contribution is -2.06. The summed E-state index contributed by atoms with van der Waals surface area (Å²) < 4.78 is 0. The minimum atomic E-state index is 0.566. The molecule has 0 aromatic carbocycles. The number of hydrogen-bond acceptors (Lipinski definition) is 3. The molecule has 3 N–H and O–H groups in total. The van der Waals surface area contributed by atoms with Crippen molar-refractivity contribution in [3.05, 3.63) is 23.3 Å². The van der Waals surface area contributed by atoms with Gasteiger partial charge in [0.25, 0.3) is 0 Å². The van der Waals surface area contributed by atoms with Crippen molar-refractivity contribution in [3.63, 3.8) is 0 Å². The fourth-order valence-corrected chi connectivity index (χ4v) is 3.17. The molecule has 2 aromatic rings. The lowest BCUT2D eigenvalue weighted by Gasteiger charge is -2.10. The van der Waals surface area contributed by atoms with Crippen LogP contribution in [0, 0.1) is 0 Å². The topological polar surface area (TPSA) is 67.6 Å². The molecule has 1 aliphatic carbocycles. The van der Waals surface area contributed by atoms with Gasteiger partial charge in [0.15, 0.2) is 0 Å². The Kier molecular flexibility index (Phi) is 3.51. The second kappa shape index (κ2) is 5.29. The molecule has 3 rings (SSSR count). The number of rotatable bonds is 4. The first-order chi connectivity index (χ1) is 9.33. The number of aryl methyl sites for hydroxylation is 1. The first-order valence-corrected chi connectivity index (χ1v) is 7.40. The van der Waals surface area contributed by atoms with Crippen molar-refractivity contribution in [1.29, 1.82) is 0 Å². The van der Waals surface area contributed by atoms with Gasteiger partial charge in [-0.1, -0.05) is 19.8 Å². The molecule has 1 fully saturated rings. The Hall–Kier alpha value is -1.42. The Bertz CT molecular complexity index is 567. The first-order valence-electron chi connectivity index (χ1n) is 7.40. The van der Waals surface area contributed by atoms with Crippen LogP contribution in [0.5, 0.6) is 0 Å². The second-order valence-corrected chi connectivity index (χ2v) is 5.44. The van der Waals surface area contributed by atoms with Crippen molar-refractivity contribution >= 4 is 11.0 Å². The van der Waals surface area contributed by atoms with Gasteiger partial charge in [-0.15, -0.1) is 0 Å². The van der Waals surface area contributed by atoms with E-state index in [1.165, 1.54) is 42.3 Å². The molecule has 2 aromatic heterocycles. The maximum atomic E-state index is 5.68. The summed E-state index contributed by atoms with van der Waals surface area (Å²) >= 11 is 0. The summed E-state index contributed by atoms with van der Waals surface area (Å²) in [6, 6.07) is 0. The Labute approximate surface area is 113 Å². The van der Waals surface area contributed by atoms with Gasteiger partial charge in [-0.25, -0.2) is 9.97 Å². The van der Waals surface area contributed by atoms with E-state index in [0.717, 1.165) is 24.3 Å². The van der Waals surface area contributed by atoms with Gasteiger partial charge in [0, 0.05) is 17.5 Å². The van der Waals surface area contributed by atoms with Crippen LogP contribution in [0.15, 0.2) is 6.20 Å². The Morgan fingerprint density at radius 3 is 2.79 bits per heavy atom. The monoisotopic (exact) mass is 258 g/mol. The van der Waals surface area contributed by atoms with E-state index in [9.17, 15) is 0 Å². The van der Waals surface area contributed by atoms with E-state index in [1.54, 1.807) is 0 Å². The van der Waals surface area contributed by atoms with E-state index in [0.29, 0.717) is 12.5 Å². The molecule has 1 aliphatic rings. The molecule has 0 amide bonds. The summed E-state index contributed by atoms with van der Waals surface area (Å²) in [5.41, 5.74) is 9.11. The van der Waals surface area contributed by atoms with Crippen LogP contribution in [-0.2, 0) is 12.8 Å². The van der Waals surface area contributed by atoms with Crippen molar-refractivity contribution in [3.8, 4) is 0 Å². The molecule has 0 atom stereocenters.